The SMILES string of the molecule is CC(C)(C)[Si](C)(C)OCC=CCBr. The second-order valence-corrected chi connectivity index (χ2v) is 10.2. The molecule has 13 heavy (non-hydrogen) atoms. The summed E-state index contributed by atoms with van der Waals surface area (Å²) >= 11 is 3.34. The van der Waals surface area contributed by atoms with Crippen LogP contribution >= 0.6 is 15.9 Å². The lowest BCUT2D eigenvalue weighted by Crippen LogP contribution is -2.40. The zero-order chi connectivity index (χ0) is 10.5. The quantitative estimate of drug-likeness (QED) is 0.425. The summed E-state index contributed by atoms with van der Waals surface area (Å²) in [7, 11) is -1.52. The van der Waals surface area contributed by atoms with E-state index in [0.29, 0.717) is 5.04 Å². The predicted octanol–water partition coefficient (Wildman–Crippen LogP) is 3.96. The summed E-state index contributed by atoms with van der Waals surface area (Å²) in [6.45, 7) is 12.1. The molecule has 0 aliphatic carbocycles. The Morgan fingerprint density at radius 3 is 2.15 bits per heavy atom. The third kappa shape index (κ3) is 4.98. The summed E-state index contributed by atoms with van der Waals surface area (Å²) in [4.78, 5) is 0. The van der Waals surface area contributed by atoms with Crippen LogP contribution in [0, 0.1) is 0 Å². The average Bonchev–Trinajstić information content (AvgIpc) is 1.96. The van der Waals surface area contributed by atoms with E-state index >= 15 is 0 Å². The van der Waals surface area contributed by atoms with E-state index in [2.05, 4.69) is 61.9 Å². The summed E-state index contributed by atoms with van der Waals surface area (Å²) < 4.78 is 5.93. The Bertz CT molecular complexity index is 170. The van der Waals surface area contributed by atoms with Gasteiger partial charge in [0.15, 0.2) is 8.32 Å². The molecule has 0 saturated heterocycles. The van der Waals surface area contributed by atoms with Crippen molar-refractivity contribution in [2.24, 2.45) is 0 Å². The Balaban J connectivity index is 3.97. The van der Waals surface area contributed by atoms with E-state index in [9.17, 15) is 0 Å². The van der Waals surface area contributed by atoms with Gasteiger partial charge in [-0.15, -0.1) is 0 Å². The maximum Gasteiger partial charge on any atom is 0.192 e. The minimum Gasteiger partial charge on any atom is -0.413 e. The Hall–Kier alpha value is 0.397. The molecule has 0 aliphatic heterocycles. The molecule has 0 spiro atoms. The monoisotopic (exact) mass is 264 g/mol. The van der Waals surface area contributed by atoms with Crippen molar-refractivity contribution in [2.45, 2.75) is 38.9 Å². The molecule has 0 aromatic carbocycles. The highest BCUT2D eigenvalue weighted by atomic mass is 79.9. The van der Waals surface area contributed by atoms with Crippen LogP contribution in [-0.2, 0) is 4.43 Å². The van der Waals surface area contributed by atoms with Crippen molar-refractivity contribution < 1.29 is 4.43 Å². The van der Waals surface area contributed by atoms with Crippen LogP contribution in [-0.4, -0.2) is 20.3 Å². The number of alkyl halides is 1. The van der Waals surface area contributed by atoms with Gasteiger partial charge >= 0.3 is 0 Å². The molecule has 0 amide bonds. The average molecular weight is 265 g/mol. The number of rotatable bonds is 4. The van der Waals surface area contributed by atoms with Gasteiger partial charge in [-0.2, -0.15) is 0 Å². The number of halogens is 1. The van der Waals surface area contributed by atoms with Gasteiger partial charge in [-0.1, -0.05) is 48.9 Å². The number of allylic oxidation sites excluding steroid dienone is 1. The molecule has 0 aliphatic rings. The van der Waals surface area contributed by atoms with E-state index in [0.717, 1.165) is 11.9 Å². The van der Waals surface area contributed by atoms with Crippen molar-refractivity contribution in [3.8, 4) is 0 Å². The Morgan fingerprint density at radius 1 is 1.23 bits per heavy atom. The van der Waals surface area contributed by atoms with Gasteiger partial charge in [-0.25, -0.2) is 0 Å². The number of hydrogen-bond acceptors (Lipinski definition) is 1. The van der Waals surface area contributed by atoms with Crippen LogP contribution in [0.5, 0.6) is 0 Å². The lowest BCUT2D eigenvalue weighted by atomic mass is 10.2. The minimum absolute atomic E-state index is 0.315. The molecule has 0 aromatic heterocycles. The maximum absolute atomic E-state index is 5.93. The minimum atomic E-state index is -1.52. The van der Waals surface area contributed by atoms with Gasteiger partial charge in [0.05, 0.1) is 6.61 Å². The second-order valence-electron chi connectivity index (χ2n) is 4.70. The second kappa shape index (κ2) is 5.32. The molecule has 0 bridgehead atoms. The summed E-state index contributed by atoms with van der Waals surface area (Å²) in [5.74, 6) is 0. The van der Waals surface area contributed by atoms with Gasteiger partial charge < -0.3 is 4.43 Å². The van der Waals surface area contributed by atoms with Gasteiger partial charge in [0.1, 0.15) is 0 Å². The van der Waals surface area contributed by atoms with Crippen molar-refractivity contribution in [2.75, 3.05) is 11.9 Å². The standard InChI is InChI=1S/C10H21BrOSi/c1-10(2,3)13(4,5)12-9-7-6-8-11/h6-7H,8-9H2,1-5H3. The van der Waals surface area contributed by atoms with E-state index in [1.54, 1.807) is 0 Å². The summed E-state index contributed by atoms with van der Waals surface area (Å²) in [6, 6.07) is 0. The van der Waals surface area contributed by atoms with Crippen LogP contribution in [0.3, 0.4) is 0 Å². The first-order valence-electron chi connectivity index (χ1n) is 4.66. The molecule has 0 unspecified atom stereocenters. The molecular formula is C10H21BrOSi. The van der Waals surface area contributed by atoms with E-state index in [-0.39, 0.29) is 0 Å². The van der Waals surface area contributed by atoms with Crippen LogP contribution in [0.25, 0.3) is 0 Å². The molecule has 0 atom stereocenters. The molecule has 0 aromatic rings. The summed E-state index contributed by atoms with van der Waals surface area (Å²) in [6.07, 6.45) is 4.16. The lowest BCUT2D eigenvalue weighted by molar-refractivity contribution is 0.328. The molecule has 78 valence electrons. The van der Waals surface area contributed by atoms with E-state index in [4.69, 9.17) is 4.43 Å². The highest BCUT2D eigenvalue weighted by molar-refractivity contribution is 9.09. The maximum atomic E-state index is 5.93. The van der Waals surface area contributed by atoms with Gasteiger partial charge in [0.25, 0.3) is 0 Å². The van der Waals surface area contributed by atoms with Crippen LogP contribution < -0.4 is 0 Å². The molecule has 0 saturated carbocycles. The topological polar surface area (TPSA) is 9.23 Å². The fourth-order valence-electron chi connectivity index (χ4n) is 0.604. The van der Waals surface area contributed by atoms with Crippen LogP contribution in [0.4, 0.5) is 0 Å². The number of hydrogen-bond donors (Lipinski definition) is 0. The Labute approximate surface area is 91.8 Å². The molecule has 0 heterocycles. The van der Waals surface area contributed by atoms with Crippen molar-refractivity contribution in [1.82, 2.24) is 0 Å². The fourth-order valence-corrected chi connectivity index (χ4v) is 1.81. The van der Waals surface area contributed by atoms with Gasteiger partial charge in [0, 0.05) is 5.33 Å². The van der Waals surface area contributed by atoms with Gasteiger partial charge in [-0.3, -0.25) is 0 Å². The third-order valence-corrected chi connectivity index (χ3v) is 7.48. The smallest absolute Gasteiger partial charge is 0.192 e. The zero-order valence-electron chi connectivity index (χ0n) is 9.36. The van der Waals surface area contributed by atoms with Crippen molar-refractivity contribution in [3.63, 3.8) is 0 Å². The van der Waals surface area contributed by atoms with Crippen LogP contribution in [0.1, 0.15) is 20.8 Å². The van der Waals surface area contributed by atoms with Crippen molar-refractivity contribution in [3.05, 3.63) is 12.2 Å². The first-order valence-corrected chi connectivity index (χ1v) is 8.69. The van der Waals surface area contributed by atoms with Crippen molar-refractivity contribution in [1.29, 1.82) is 0 Å². The predicted molar refractivity (Wildman–Crippen MR) is 66.1 cm³/mol. The highest BCUT2D eigenvalue weighted by Crippen LogP contribution is 2.36. The van der Waals surface area contributed by atoms with Gasteiger partial charge in [0.2, 0.25) is 0 Å². The largest absolute Gasteiger partial charge is 0.413 e. The zero-order valence-corrected chi connectivity index (χ0v) is 11.9. The van der Waals surface area contributed by atoms with Crippen molar-refractivity contribution >= 4 is 24.2 Å². The van der Waals surface area contributed by atoms with E-state index in [1.807, 2.05) is 0 Å². The molecule has 0 rings (SSSR count). The van der Waals surface area contributed by atoms with Crippen LogP contribution in [0.2, 0.25) is 18.1 Å². The Morgan fingerprint density at radius 2 is 1.77 bits per heavy atom. The van der Waals surface area contributed by atoms with E-state index in [1.165, 1.54) is 0 Å². The van der Waals surface area contributed by atoms with E-state index < -0.39 is 8.32 Å². The molecule has 3 heteroatoms. The Kier molecular flexibility index (Phi) is 5.48. The lowest BCUT2D eigenvalue weighted by Gasteiger charge is -2.35. The fraction of sp³-hybridized carbons (Fsp3) is 0.800. The van der Waals surface area contributed by atoms with Gasteiger partial charge in [-0.05, 0) is 18.1 Å². The highest BCUT2D eigenvalue weighted by Gasteiger charge is 2.36. The summed E-state index contributed by atoms with van der Waals surface area (Å²) in [5.41, 5.74) is 0. The summed E-state index contributed by atoms with van der Waals surface area (Å²) in [5, 5.41) is 1.23. The normalized spacial score (nSPS) is 14.0. The molecule has 0 radical (unpaired) electrons. The third-order valence-electron chi connectivity index (χ3n) is 2.60. The molecule has 1 nitrogen and oxygen atoms in total. The molecule has 0 N–H and O–H groups in total. The van der Waals surface area contributed by atoms with Crippen LogP contribution in [0.15, 0.2) is 12.2 Å². The molecular weight excluding hydrogens is 244 g/mol. The first-order chi connectivity index (χ1) is 5.81. The molecule has 0 fully saturated rings. The first kappa shape index (κ1) is 13.4.